The summed E-state index contributed by atoms with van der Waals surface area (Å²) in [6.45, 7) is 6.76. The van der Waals surface area contributed by atoms with Gasteiger partial charge in [0.05, 0.1) is 0 Å². The summed E-state index contributed by atoms with van der Waals surface area (Å²) in [7, 11) is 0. The maximum atomic E-state index is 15.7. The van der Waals surface area contributed by atoms with Gasteiger partial charge in [-0.3, -0.25) is 0 Å². The highest BCUT2D eigenvalue weighted by Gasteiger charge is 2.20. The van der Waals surface area contributed by atoms with Crippen LogP contribution in [0.3, 0.4) is 0 Å². The first-order valence-corrected chi connectivity index (χ1v) is 14.3. The van der Waals surface area contributed by atoms with Crippen LogP contribution in [0, 0.1) is 5.82 Å². The van der Waals surface area contributed by atoms with E-state index in [4.69, 9.17) is 0 Å². The van der Waals surface area contributed by atoms with E-state index < -0.39 is 0 Å². The van der Waals surface area contributed by atoms with Crippen molar-refractivity contribution in [3.8, 4) is 22.3 Å². The molecule has 0 aliphatic heterocycles. The summed E-state index contributed by atoms with van der Waals surface area (Å²) in [5.74, 6) is -0.153. The molecule has 0 aromatic heterocycles. The third-order valence-corrected chi connectivity index (χ3v) is 8.86. The molecule has 0 N–H and O–H groups in total. The van der Waals surface area contributed by atoms with Gasteiger partial charge in [0, 0.05) is 10.8 Å². The second-order valence-corrected chi connectivity index (χ2v) is 12.3. The van der Waals surface area contributed by atoms with Crippen LogP contribution in [0.1, 0.15) is 26.3 Å². The molecular formula is C40H29F. The van der Waals surface area contributed by atoms with E-state index in [1.54, 1.807) is 0 Å². The molecule has 8 aromatic carbocycles. The molecule has 1 heteroatoms. The summed E-state index contributed by atoms with van der Waals surface area (Å²) < 4.78 is 15.7. The summed E-state index contributed by atoms with van der Waals surface area (Å²) in [5.41, 5.74) is 6.16. The molecule has 0 saturated heterocycles. The standard InChI is InChI=1S/C40H29F/c1-40(2,3)27-18-12-24(13-19-27)28-20-14-25-16-22-32-33(23-17-26-15-21-31(28)36(25)37(26)32)38-29-8-4-6-10-34(29)39(41)35-11-7-5-9-30(35)38/h4-23H,1-3H3. The minimum absolute atomic E-state index is 0.117. The van der Waals surface area contributed by atoms with Gasteiger partial charge in [0.25, 0.3) is 0 Å². The maximum absolute atomic E-state index is 15.7. The first-order valence-electron chi connectivity index (χ1n) is 14.3. The van der Waals surface area contributed by atoms with Gasteiger partial charge in [-0.2, -0.15) is 0 Å². The van der Waals surface area contributed by atoms with Crippen LogP contribution in [0.2, 0.25) is 0 Å². The monoisotopic (exact) mass is 528 g/mol. The van der Waals surface area contributed by atoms with Gasteiger partial charge in [0.2, 0.25) is 0 Å². The molecular weight excluding hydrogens is 499 g/mol. The number of fused-ring (bicyclic) bond motifs is 2. The van der Waals surface area contributed by atoms with E-state index in [0.29, 0.717) is 10.8 Å². The molecule has 8 aromatic rings. The van der Waals surface area contributed by atoms with Crippen molar-refractivity contribution < 1.29 is 4.39 Å². The normalized spacial score (nSPS) is 12.4. The van der Waals surface area contributed by atoms with Crippen LogP contribution < -0.4 is 0 Å². The third-order valence-electron chi connectivity index (χ3n) is 8.86. The smallest absolute Gasteiger partial charge is 0.138 e. The fraction of sp³-hybridized carbons (Fsp3) is 0.100. The molecule has 0 aliphatic rings. The summed E-state index contributed by atoms with van der Waals surface area (Å²) in [6, 6.07) is 42.8. The molecule has 41 heavy (non-hydrogen) atoms. The van der Waals surface area contributed by atoms with Crippen LogP contribution in [0.4, 0.5) is 4.39 Å². The highest BCUT2D eigenvalue weighted by atomic mass is 19.1. The van der Waals surface area contributed by atoms with Crippen LogP contribution in [0.15, 0.2) is 121 Å². The molecule has 196 valence electrons. The van der Waals surface area contributed by atoms with Crippen LogP contribution in [-0.4, -0.2) is 0 Å². The summed E-state index contributed by atoms with van der Waals surface area (Å²) in [5, 5.41) is 10.7. The molecule has 0 fully saturated rings. The van der Waals surface area contributed by atoms with Gasteiger partial charge >= 0.3 is 0 Å². The first-order chi connectivity index (χ1) is 19.9. The second-order valence-electron chi connectivity index (χ2n) is 12.3. The maximum Gasteiger partial charge on any atom is 0.138 e. The van der Waals surface area contributed by atoms with Gasteiger partial charge in [-0.1, -0.05) is 142 Å². The summed E-state index contributed by atoms with van der Waals surface area (Å²) in [4.78, 5) is 0. The van der Waals surface area contributed by atoms with Crippen molar-refractivity contribution >= 4 is 53.9 Å². The Kier molecular flexibility index (Phi) is 5.06. The topological polar surface area (TPSA) is 0 Å². The molecule has 0 aliphatic carbocycles. The number of benzene rings is 8. The molecule has 0 nitrogen and oxygen atoms in total. The fourth-order valence-corrected chi connectivity index (χ4v) is 6.79. The van der Waals surface area contributed by atoms with Gasteiger partial charge in [0.1, 0.15) is 5.82 Å². The molecule has 0 heterocycles. The van der Waals surface area contributed by atoms with Crippen molar-refractivity contribution in [1.29, 1.82) is 0 Å². The quantitative estimate of drug-likeness (QED) is 0.155. The lowest BCUT2D eigenvalue weighted by molar-refractivity contribution is 0.590. The van der Waals surface area contributed by atoms with Crippen molar-refractivity contribution in [1.82, 2.24) is 0 Å². The number of rotatable bonds is 2. The van der Waals surface area contributed by atoms with Gasteiger partial charge in [0.15, 0.2) is 0 Å². The minimum atomic E-state index is -0.153. The van der Waals surface area contributed by atoms with E-state index in [2.05, 4.69) is 106 Å². The number of halogens is 1. The van der Waals surface area contributed by atoms with E-state index >= 15 is 4.39 Å². The molecule has 0 unspecified atom stereocenters. The molecule has 0 atom stereocenters. The molecule has 0 spiro atoms. The van der Waals surface area contributed by atoms with Gasteiger partial charge in [-0.25, -0.2) is 4.39 Å². The highest BCUT2D eigenvalue weighted by molar-refractivity contribution is 6.29. The van der Waals surface area contributed by atoms with Crippen LogP contribution in [0.25, 0.3) is 76.1 Å². The van der Waals surface area contributed by atoms with Crippen LogP contribution >= 0.6 is 0 Å². The predicted molar refractivity (Wildman–Crippen MR) is 175 cm³/mol. The Labute approximate surface area is 239 Å². The van der Waals surface area contributed by atoms with E-state index in [-0.39, 0.29) is 11.2 Å². The Morgan fingerprint density at radius 3 is 1.44 bits per heavy atom. The lowest BCUT2D eigenvalue weighted by atomic mass is 9.84. The SMILES string of the molecule is CC(C)(C)c1ccc(-c2ccc3ccc4c(-c5c6ccccc6c(F)c6ccccc56)ccc5ccc2c3c54)cc1. The molecule has 8 rings (SSSR count). The van der Waals surface area contributed by atoms with Gasteiger partial charge in [-0.15, -0.1) is 0 Å². The summed E-state index contributed by atoms with van der Waals surface area (Å²) in [6.07, 6.45) is 0. The summed E-state index contributed by atoms with van der Waals surface area (Å²) >= 11 is 0. The fourth-order valence-electron chi connectivity index (χ4n) is 6.79. The van der Waals surface area contributed by atoms with Gasteiger partial charge < -0.3 is 0 Å². The average Bonchev–Trinajstić information content (AvgIpc) is 3.00. The number of hydrogen-bond acceptors (Lipinski definition) is 0. The Morgan fingerprint density at radius 2 is 0.902 bits per heavy atom. The molecule has 0 amide bonds. The Morgan fingerprint density at radius 1 is 0.439 bits per heavy atom. The van der Waals surface area contributed by atoms with Crippen molar-refractivity contribution in [3.05, 3.63) is 133 Å². The predicted octanol–water partition coefficient (Wildman–Crippen LogP) is 11.7. The molecule has 0 saturated carbocycles. The van der Waals surface area contributed by atoms with Crippen LogP contribution in [-0.2, 0) is 5.41 Å². The van der Waals surface area contributed by atoms with Crippen molar-refractivity contribution in [2.75, 3.05) is 0 Å². The number of hydrogen-bond donors (Lipinski definition) is 0. The Hall–Kier alpha value is -4.75. The molecule has 0 radical (unpaired) electrons. The van der Waals surface area contributed by atoms with Crippen LogP contribution in [0.5, 0.6) is 0 Å². The van der Waals surface area contributed by atoms with Crippen molar-refractivity contribution in [3.63, 3.8) is 0 Å². The Bertz CT molecular complexity index is 2220. The van der Waals surface area contributed by atoms with E-state index in [1.807, 2.05) is 36.4 Å². The second kappa shape index (κ2) is 8.62. The third kappa shape index (κ3) is 3.52. The van der Waals surface area contributed by atoms with E-state index in [0.717, 1.165) is 21.9 Å². The van der Waals surface area contributed by atoms with Crippen molar-refractivity contribution in [2.24, 2.45) is 0 Å². The van der Waals surface area contributed by atoms with E-state index in [9.17, 15) is 0 Å². The van der Waals surface area contributed by atoms with Gasteiger partial charge in [-0.05, 0) is 76.3 Å². The zero-order chi connectivity index (χ0) is 27.9. The highest BCUT2D eigenvalue weighted by Crippen LogP contribution is 2.46. The minimum Gasteiger partial charge on any atom is -0.206 e. The zero-order valence-corrected chi connectivity index (χ0v) is 23.4. The lowest BCUT2D eigenvalue weighted by Gasteiger charge is -2.20. The Balaban J connectivity index is 1.46. The van der Waals surface area contributed by atoms with Crippen molar-refractivity contribution in [2.45, 2.75) is 26.2 Å². The first kappa shape index (κ1) is 24.1. The average molecular weight is 529 g/mol. The zero-order valence-electron chi connectivity index (χ0n) is 23.4. The lowest BCUT2D eigenvalue weighted by Crippen LogP contribution is -2.10. The molecule has 0 bridgehead atoms. The largest absolute Gasteiger partial charge is 0.206 e. The van der Waals surface area contributed by atoms with E-state index in [1.165, 1.54) is 49.0 Å².